The fourth-order valence-corrected chi connectivity index (χ4v) is 2.45. The van der Waals surface area contributed by atoms with E-state index >= 15 is 0 Å². The second kappa shape index (κ2) is 5.92. The quantitative estimate of drug-likeness (QED) is 0.900. The summed E-state index contributed by atoms with van der Waals surface area (Å²) in [4.78, 5) is 4.96. The van der Waals surface area contributed by atoms with Gasteiger partial charge in [0.2, 0.25) is 0 Å². The third kappa shape index (κ3) is 3.01. The predicted octanol–water partition coefficient (Wildman–Crippen LogP) is 4.20. The van der Waals surface area contributed by atoms with Crippen molar-refractivity contribution in [3.8, 4) is 0 Å². The normalized spacial score (nSPS) is 12.1. The van der Waals surface area contributed by atoms with E-state index in [1.807, 2.05) is 0 Å². The summed E-state index contributed by atoms with van der Waals surface area (Å²) in [7, 11) is 0. The number of aromatic nitrogens is 1. The van der Waals surface area contributed by atoms with Crippen molar-refractivity contribution in [1.29, 1.82) is 0 Å². The number of para-hydroxylation sites is 1. The number of aryl methyl sites for hydroxylation is 1. The Kier molecular flexibility index (Phi) is 4.44. The van der Waals surface area contributed by atoms with Crippen molar-refractivity contribution in [2.45, 2.75) is 53.0 Å². The van der Waals surface area contributed by atoms with Gasteiger partial charge in [0.15, 0.2) is 0 Å². The van der Waals surface area contributed by atoms with E-state index in [0.29, 0.717) is 0 Å². The van der Waals surface area contributed by atoms with E-state index in [4.69, 9.17) is 4.98 Å². The van der Waals surface area contributed by atoms with Crippen molar-refractivity contribution >= 4 is 10.9 Å². The lowest BCUT2D eigenvalue weighted by Crippen LogP contribution is -2.17. The third-order valence-electron chi connectivity index (χ3n) is 3.72. The maximum atomic E-state index is 4.96. The van der Waals surface area contributed by atoms with Gasteiger partial charge in [0.05, 0.1) is 5.52 Å². The first-order valence-corrected chi connectivity index (χ1v) is 7.60. The summed E-state index contributed by atoms with van der Waals surface area (Å²) in [5.41, 5.74) is 5.13. The Morgan fingerprint density at radius 2 is 1.85 bits per heavy atom. The predicted molar refractivity (Wildman–Crippen MR) is 87.2 cm³/mol. The Labute approximate surface area is 122 Å². The molecule has 2 heteroatoms. The molecule has 0 radical (unpaired) electrons. The summed E-state index contributed by atoms with van der Waals surface area (Å²) in [5, 5.41) is 4.74. The largest absolute Gasteiger partial charge is 0.313 e. The highest BCUT2D eigenvalue weighted by Crippen LogP contribution is 2.28. The fraction of sp³-hybridized carbons (Fsp3) is 0.500. The summed E-state index contributed by atoms with van der Waals surface area (Å²) < 4.78 is 0. The number of benzene rings is 1. The van der Waals surface area contributed by atoms with Crippen LogP contribution in [0.2, 0.25) is 0 Å². The number of hydrogen-bond donors (Lipinski definition) is 1. The molecule has 0 bridgehead atoms. The van der Waals surface area contributed by atoms with Crippen LogP contribution in [0, 0.1) is 0 Å². The van der Waals surface area contributed by atoms with E-state index in [2.05, 4.69) is 64.2 Å². The molecule has 2 rings (SSSR count). The molecule has 1 heterocycles. The average Bonchev–Trinajstić information content (AvgIpc) is 2.42. The summed E-state index contributed by atoms with van der Waals surface area (Å²) in [6.07, 6.45) is 1.03. The van der Waals surface area contributed by atoms with Crippen molar-refractivity contribution in [1.82, 2.24) is 10.3 Å². The van der Waals surface area contributed by atoms with Gasteiger partial charge < -0.3 is 5.32 Å². The molecule has 0 saturated heterocycles. The van der Waals surface area contributed by atoms with Gasteiger partial charge in [0.25, 0.3) is 0 Å². The van der Waals surface area contributed by atoms with Crippen molar-refractivity contribution < 1.29 is 0 Å². The first kappa shape index (κ1) is 15.0. The molecule has 1 aromatic heterocycles. The smallest absolute Gasteiger partial charge is 0.0740 e. The van der Waals surface area contributed by atoms with Crippen LogP contribution in [0.15, 0.2) is 24.3 Å². The number of nitrogens with zero attached hydrogens (tertiary/aromatic N) is 1. The zero-order valence-corrected chi connectivity index (χ0v) is 13.4. The highest BCUT2D eigenvalue weighted by molar-refractivity contribution is 5.85. The standard InChI is InChI=1S/C18H26N2/c1-6-13-9-8-10-15-14(12-19-7-2)11-16(18(3,4)5)20-17(13)15/h8-11,19H,6-7,12H2,1-5H3. The van der Waals surface area contributed by atoms with Crippen LogP contribution in [0.4, 0.5) is 0 Å². The molecular formula is C18H26N2. The number of hydrogen-bond acceptors (Lipinski definition) is 2. The van der Waals surface area contributed by atoms with Gasteiger partial charge in [0, 0.05) is 23.0 Å². The van der Waals surface area contributed by atoms with Crippen LogP contribution < -0.4 is 5.32 Å². The van der Waals surface area contributed by atoms with Gasteiger partial charge >= 0.3 is 0 Å². The summed E-state index contributed by atoms with van der Waals surface area (Å²) in [6.45, 7) is 12.9. The lowest BCUT2D eigenvalue weighted by atomic mass is 9.89. The van der Waals surface area contributed by atoms with Crippen LogP contribution in [0.5, 0.6) is 0 Å². The molecule has 0 amide bonds. The van der Waals surface area contributed by atoms with Crippen LogP contribution in [-0.4, -0.2) is 11.5 Å². The van der Waals surface area contributed by atoms with Gasteiger partial charge in [-0.05, 0) is 30.2 Å². The fourth-order valence-electron chi connectivity index (χ4n) is 2.45. The van der Waals surface area contributed by atoms with E-state index in [1.54, 1.807) is 0 Å². The highest BCUT2D eigenvalue weighted by atomic mass is 14.8. The van der Waals surface area contributed by atoms with Gasteiger partial charge in [-0.15, -0.1) is 0 Å². The van der Waals surface area contributed by atoms with Gasteiger partial charge in [-0.2, -0.15) is 0 Å². The Bertz CT molecular complexity index is 594. The van der Waals surface area contributed by atoms with Crippen molar-refractivity contribution in [2.75, 3.05) is 6.54 Å². The maximum absolute atomic E-state index is 4.96. The lowest BCUT2D eigenvalue weighted by Gasteiger charge is -2.21. The Morgan fingerprint density at radius 1 is 1.10 bits per heavy atom. The molecule has 1 N–H and O–H groups in total. The molecule has 0 atom stereocenters. The van der Waals surface area contributed by atoms with E-state index in [-0.39, 0.29) is 5.41 Å². The van der Waals surface area contributed by atoms with Crippen LogP contribution >= 0.6 is 0 Å². The number of rotatable bonds is 4. The molecule has 0 spiro atoms. The summed E-state index contributed by atoms with van der Waals surface area (Å²) >= 11 is 0. The zero-order valence-electron chi connectivity index (χ0n) is 13.4. The summed E-state index contributed by atoms with van der Waals surface area (Å²) in [5.74, 6) is 0. The molecule has 2 nitrogen and oxygen atoms in total. The van der Waals surface area contributed by atoms with Crippen LogP contribution in [0.3, 0.4) is 0 Å². The third-order valence-corrected chi connectivity index (χ3v) is 3.72. The molecule has 0 aliphatic rings. The maximum Gasteiger partial charge on any atom is 0.0740 e. The first-order chi connectivity index (χ1) is 9.47. The first-order valence-electron chi connectivity index (χ1n) is 7.60. The van der Waals surface area contributed by atoms with Crippen molar-refractivity contribution in [3.05, 3.63) is 41.1 Å². The minimum atomic E-state index is 0.0794. The number of nitrogens with one attached hydrogen (secondary N) is 1. The molecular weight excluding hydrogens is 244 g/mol. The minimum Gasteiger partial charge on any atom is -0.313 e. The van der Waals surface area contributed by atoms with E-state index < -0.39 is 0 Å². The molecule has 0 saturated carbocycles. The van der Waals surface area contributed by atoms with Gasteiger partial charge in [-0.3, -0.25) is 4.98 Å². The SMILES string of the molecule is CCNCc1cc(C(C)(C)C)nc2c(CC)cccc12. The van der Waals surface area contributed by atoms with Gasteiger partial charge in [0.1, 0.15) is 0 Å². The summed E-state index contributed by atoms with van der Waals surface area (Å²) in [6, 6.07) is 8.80. The lowest BCUT2D eigenvalue weighted by molar-refractivity contribution is 0.569. The Balaban J connectivity index is 2.68. The molecule has 0 aliphatic heterocycles. The van der Waals surface area contributed by atoms with E-state index in [0.717, 1.165) is 19.5 Å². The van der Waals surface area contributed by atoms with Crippen molar-refractivity contribution in [3.63, 3.8) is 0 Å². The monoisotopic (exact) mass is 270 g/mol. The zero-order chi connectivity index (χ0) is 14.8. The Hall–Kier alpha value is -1.41. The molecule has 2 aromatic rings. The van der Waals surface area contributed by atoms with Crippen LogP contribution in [-0.2, 0) is 18.4 Å². The van der Waals surface area contributed by atoms with Crippen LogP contribution in [0.25, 0.3) is 10.9 Å². The van der Waals surface area contributed by atoms with Crippen LogP contribution in [0.1, 0.15) is 51.4 Å². The highest BCUT2D eigenvalue weighted by Gasteiger charge is 2.18. The van der Waals surface area contributed by atoms with Crippen molar-refractivity contribution in [2.24, 2.45) is 0 Å². The number of pyridine rings is 1. The minimum absolute atomic E-state index is 0.0794. The molecule has 20 heavy (non-hydrogen) atoms. The molecule has 0 aliphatic carbocycles. The molecule has 1 aromatic carbocycles. The average molecular weight is 270 g/mol. The van der Waals surface area contributed by atoms with Gasteiger partial charge in [-0.1, -0.05) is 52.8 Å². The Morgan fingerprint density at radius 3 is 2.45 bits per heavy atom. The second-order valence-corrected chi connectivity index (χ2v) is 6.36. The van der Waals surface area contributed by atoms with E-state index in [9.17, 15) is 0 Å². The molecule has 108 valence electrons. The second-order valence-electron chi connectivity index (χ2n) is 6.36. The van der Waals surface area contributed by atoms with E-state index in [1.165, 1.54) is 27.7 Å². The molecule has 0 fully saturated rings. The molecule has 0 unspecified atom stereocenters. The number of fused-ring (bicyclic) bond motifs is 1. The topological polar surface area (TPSA) is 24.9 Å². The van der Waals surface area contributed by atoms with Gasteiger partial charge in [-0.25, -0.2) is 0 Å².